The minimum atomic E-state index is -3.74. The van der Waals surface area contributed by atoms with Crippen molar-refractivity contribution in [1.29, 1.82) is 0 Å². The zero-order chi connectivity index (χ0) is 15.2. The number of primary sulfonamides is 1. The Hall–Kier alpha value is -0.890. The van der Waals surface area contributed by atoms with Crippen LogP contribution in [0.25, 0.3) is 0 Å². The predicted octanol–water partition coefficient (Wildman–Crippen LogP) is 1.14. The third-order valence-corrected chi connectivity index (χ3v) is 3.99. The average molecular weight is 303 g/mol. The van der Waals surface area contributed by atoms with Gasteiger partial charge in [0.2, 0.25) is 5.09 Å². The van der Waals surface area contributed by atoms with Crippen molar-refractivity contribution >= 4 is 10.0 Å². The molecule has 0 fully saturated rings. The molecular weight excluding hydrogens is 278 g/mol. The van der Waals surface area contributed by atoms with Gasteiger partial charge in [-0.3, -0.25) is 0 Å². The van der Waals surface area contributed by atoms with Gasteiger partial charge < -0.3 is 14.6 Å². The summed E-state index contributed by atoms with van der Waals surface area (Å²) in [7, 11) is -1.62. The Morgan fingerprint density at radius 3 is 2.60 bits per heavy atom. The summed E-state index contributed by atoms with van der Waals surface area (Å²) in [5.41, 5.74) is 0. The molecule has 0 saturated heterocycles. The van der Waals surface area contributed by atoms with Gasteiger partial charge in [-0.2, -0.15) is 0 Å². The molecule has 7 heteroatoms. The fourth-order valence-electron chi connectivity index (χ4n) is 1.69. The van der Waals surface area contributed by atoms with E-state index >= 15 is 0 Å². The summed E-state index contributed by atoms with van der Waals surface area (Å²) in [6.45, 7) is 6.82. The van der Waals surface area contributed by atoms with Crippen LogP contribution < -0.4 is 10.5 Å². The molecule has 1 rings (SSSR count). The van der Waals surface area contributed by atoms with Gasteiger partial charge in [0.05, 0.1) is 6.54 Å². The summed E-state index contributed by atoms with van der Waals surface area (Å²) in [5.74, 6) is 0.577. The first kappa shape index (κ1) is 17.2. The van der Waals surface area contributed by atoms with Crippen molar-refractivity contribution in [1.82, 2.24) is 10.2 Å². The maximum Gasteiger partial charge on any atom is 0.271 e. The number of nitrogens with zero attached hydrogens (tertiary/aromatic N) is 1. The van der Waals surface area contributed by atoms with Gasteiger partial charge in [-0.05, 0) is 59.0 Å². The van der Waals surface area contributed by atoms with E-state index in [1.54, 1.807) is 6.07 Å². The Morgan fingerprint density at radius 2 is 2.05 bits per heavy atom. The van der Waals surface area contributed by atoms with E-state index in [0.717, 1.165) is 25.9 Å². The maximum absolute atomic E-state index is 11.0. The first-order chi connectivity index (χ1) is 9.30. The number of unbranched alkanes of at least 4 members (excludes halogenated alkanes) is 1. The lowest BCUT2D eigenvalue weighted by Crippen LogP contribution is -2.27. The summed E-state index contributed by atoms with van der Waals surface area (Å²) in [5, 5.41) is 8.00. The molecule has 116 valence electrons. The lowest BCUT2D eigenvalue weighted by molar-refractivity contribution is 0.267. The Kier molecular flexibility index (Phi) is 6.67. The van der Waals surface area contributed by atoms with Crippen LogP contribution in [0.15, 0.2) is 21.6 Å². The van der Waals surface area contributed by atoms with Crippen LogP contribution in [0.1, 0.15) is 32.4 Å². The molecule has 1 heterocycles. The van der Waals surface area contributed by atoms with E-state index in [9.17, 15) is 8.42 Å². The predicted molar refractivity (Wildman–Crippen MR) is 78.8 cm³/mol. The zero-order valence-electron chi connectivity index (χ0n) is 12.4. The van der Waals surface area contributed by atoms with Gasteiger partial charge in [0, 0.05) is 6.04 Å². The molecule has 20 heavy (non-hydrogen) atoms. The molecular formula is C13H25N3O3S. The Labute approximate surface area is 121 Å². The van der Waals surface area contributed by atoms with Gasteiger partial charge in [-0.1, -0.05) is 0 Å². The number of nitrogens with two attached hydrogens (primary N) is 1. The highest BCUT2D eigenvalue weighted by molar-refractivity contribution is 7.89. The molecule has 0 radical (unpaired) electrons. The summed E-state index contributed by atoms with van der Waals surface area (Å²) in [6, 6.07) is 3.58. The van der Waals surface area contributed by atoms with Crippen LogP contribution in [0.4, 0.5) is 0 Å². The number of hydrogen-bond donors (Lipinski definition) is 2. The van der Waals surface area contributed by atoms with E-state index in [1.807, 2.05) is 0 Å². The van der Waals surface area contributed by atoms with Crippen LogP contribution in [0.3, 0.4) is 0 Å². The molecule has 0 aliphatic heterocycles. The molecule has 0 aliphatic carbocycles. The summed E-state index contributed by atoms with van der Waals surface area (Å²) < 4.78 is 27.2. The first-order valence-corrected chi connectivity index (χ1v) is 8.38. The highest BCUT2D eigenvalue weighted by Crippen LogP contribution is 2.11. The van der Waals surface area contributed by atoms with Gasteiger partial charge in [-0.25, -0.2) is 13.6 Å². The number of nitrogens with one attached hydrogen (secondary N) is 1. The number of hydrogen-bond acceptors (Lipinski definition) is 5. The second-order valence-corrected chi connectivity index (χ2v) is 6.72. The summed E-state index contributed by atoms with van der Waals surface area (Å²) in [4.78, 5) is 2.31. The van der Waals surface area contributed by atoms with E-state index in [1.165, 1.54) is 6.07 Å². The fourth-order valence-corrected chi connectivity index (χ4v) is 2.17. The van der Waals surface area contributed by atoms with Crippen molar-refractivity contribution in [3.05, 3.63) is 17.9 Å². The highest BCUT2D eigenvalue weighted by Gasteiger charge is 2.12. The van der Waals surface area contributed by atoms with E-state index in [0.29, 0.717) is 18.3 Å². The first-order valence-electron chi connectivity index (χ1n) is 6.83. The van der Waals surface area contributed by atoms with Gasteiger partial charge in [-0.15, -0.1) is 0 Å². The molecule has 0 spiro atoms. The number of rotatable bonds is 9. The van der Waals surface area contributed by atoms with Crippen LogP contribution in [-0.2, 0) is 16.6 Å². The molecule has 6 nitrogen and oxygen atoms in total. The Morgan fingerprint density at radius 1 is 1.35 bits per heavy atom. The molecule has 0 amide bonds. The van der Waals surface area contributed by atoms with Crippen LogP contribution in [0.5, 0.6) is 0 Å². The SMILES string of the molecule is CC(C)N(C)CCCCNCc1ccc(S(N)(=O)=O)o1. The molecule has 0 unspecified atom stereocenters. The fraction of sp³-hybridized carbons (Fsp3) is 0.692. The molecule has 1 aromatic rings. The van der Waals surface area contributed by atoms with Crippen LogP contribution in [0.2, 0.25) is 0 Å². The highest BCUT2D eigenvalue weighted by atomic mass is 32.2. The van der Waals surface area contributed by atoms with Gasteiger partial charge >= 0.3 is 0 Å². The lowest BCUT2D eigenvalue weighted by Gasteiger charge is -2.20. The minimum Gasteiger partial charge on any atom is -0.447 e. The molecule has 3 N–H and O–H groups in total. The van der Waals surface area contributed by atoms with E-state index in [2.05, 4.69) is 31.1 Å². The molecule has 1 aromatic heterocycles. The van der Waals surface area contributed by atoms with Crippen molar-refractivity contribution in [2.75, 3.05) is 20.1 Å². The minimum absolute atomic E-state index is 0.187. The molecule has 0 atom stereocenters. The van der Waals surface area contributed by atoms with Gasteiger partial charge in [0.1, 0.15) is 5.76 Å². The molecule has 0 aromatic carbocycles. The molecule has 0 bridgehead atoms. The van der Waals surface area contributed by atoms with Crippen LogP contribution in [-0.4, -0.2) is 39.5 Å². The van der Waals surface area contributed by atoms with Gasteiger partial charge in [0.15, 0.2) is 0 Å². The molecule has 0 aliphatic rings. The van der Waals surface area contributed by atoms with Crippen LogP contribution in [0, 0.1) is 0 Å². The van der Waals surface area contributed by atoms with E-state index in [-0.39, 0.29) is 5.09 Å². The average Bonchev–Trinajstić information content (AvgIpc) is 2.81. The monoisotopic (exact) mass is 303 g/mol. The zero-order valence-corrected chi connectivity index (χ0v) is 13.2. The van der Waals surface area contributed by atoms with Gasteiger partial charge in [0.25, 0.3) is 10.0 Å². The van der Waals surface area contributed by atoms with Crippen LogP contribution >= 0.6 is 0 Å². The smallest absolute Gasteiger partial charge is 0.271 e. The third-order valence-electron chi connectivity index (χ3n) is 3.21. The number of furan rings is 1. The second-order valence-electron chi connectivity index (χ2n) is 5.22. The largest absolute Gasteiger partial charge is 0.447 e. The lowest BCUT2D eigenvalue weighted by atomic mass is 10.2. The second kappa shape index (κ2) is 7.78. The van der Waals surface area contributed by atoms with Crippen molar-refractivity contribution in [2.45, 2.75) is 44.4 Å². The van der Waals surface area contributed by atoms with Crippen molar-refractivity contribution in [3.63, 3.8) is 0 Å². The third kappa shape index (κ3) is 6.04. The van der Waals surface area contributed by atoms with E-state index < -0.39 is 10.0 Å². The van der Waals surface area contributed by atoms with Crippen molar-refractivity contribution in [2.24, 2.45) is 5.14 Å². The Bertz CT molecular complexity index is 497. The maximum atomic E-state index is 11.0. The van der Waals surface area contributed by atoms with E-state index in [4.69, 9.17) is 9.56 Å². The quantitative estimate of drug-likeness (QED) is 0.668. The summed E-state index contributed by atoms with van der Waals surface area (Å²) >= 11 is 0. The Balaban J connectivity index is 2.17. The topological polar surface area (TPSA) is 88.6 Å². The summed E-state index contributed by atoms with van der Waals surface area (Å²) in [6.07, 6.45) is 2.20. The standard InChI is InChI=1S/C13H25N3O3S/c1-11(2)16(3)9-5-4-8-15-10-12-6-7-13(19-12)20(14,17)18/h6-7,11,15H,4-5,8-10H2,1-3H3,(H2,14,17,18). The normalized spacial score (nSPS) is 12.5. The molecule has 0 saturated carbocycles. The van der Waals surface area contributed by atoms with Crippen molar-refractivity contribution < 1.29 is 12.8 Å². The van der Waals surface area contributed by atoms with Crippen molar-refractivity contribution in [3.8, 4) is 0 Å². The number of sulfonamides is 1.